The van der Waals surface area contributed by atoms with Gasteiger partial charge in [-0.25, -0.2) is 4.39 Å². The quantitative estimate of drug-likeness (QED) is 0.291. The SMILES string of the molecule is COc1ccc(NC(=O)CN2C(=O)S/C(=C/c3cn(CC(=O)Nc4ccc(F)cc4)c4ccccc34)C2=O)cc1. The molecule has 5 rings (SSSR count). The number of imide groups is 1. The zero-order chi connectivity index (χ0) is 28.2. The number of fused-ring (bicyclic) bond motifs is 1. The Morgan fingerprint density at radius 1 is 0.900 bits per heavy atom. The van der Waals surface area contributed by atoms with Crippen LogP contribution in [-0.4, -0.2) is 46.1 Å². The summed E-state index contributed by atoms with van der Waals surface area (Å²) >= 11 is 0.747. The third-order valence-electron chi connectivity index (χ3n) is 6.10. The van der Waals surface area contributed by atoms with E-state index in [1.807, 2.05) is 24.3 Å². The van der Waals surface area contributed by atoms with Crippen molar-refractivity contribution in [1.82, 2.24) is 9.47 Å². The number of amides is 4. The molecular weight excluding hydrogens is 535 g/mol. The number of nitrogens with zero attached hydrogens (tertiary/aromatic N) is 2. The number of ether oxygens (including phenoxy) is 1. The van der Waals surface area contributed by atoms with Crippen LogP contribution in [0.3, 0.4) is 0 Å². The largest absolute Gasteiger partial charge is 0.497 e. The molecule has 0 aliphatic carbocycles. The summed E-state index contributed by atoms with van der Waals surface area (Å²) in [7, 11) is 1.53. The summed E-state index contributed by atoms with van der Waals surface area (Å²) in [6.07, 6.45) is 3.31. The summed E-state index contributed by atoms with van der Waals surface area (Å²) in [6, 6.07) is 19.5. The number of anilines is 2. The first-order valence-electron chi connectivity index (χ1n) is 12.1. The van der Waals surface area contributed by atoms with E-state index in [4.69, 9.17) is 4.74 Å². The predicted molar refractivity (Wildman–Crippen MR) is 151 cm³/mol. The third kappa shape index (κ3) is 5.89. The maximum Gasteiger partial charge on any atom is 0.294 e. The highest BCUT2D eigenvalue weighted by molar-refractivity contribution is 8.18. The Morgan fingerprint density at radius 3 is 2.20 bits per heavy atom. The molecule has 40 heavy (non-hydrogen) atoms. The fourth-order valence-electron chi connectivity index (χ4n) is 4.21. The fourth-order valence-corrected chi connectivity index (χ4v) is 5.03. The Labute approximate surface area is 232 Å². The molecule has 3 aromatic carbocycles. The molecule has 0 saturated carbocycles. The number of hydrogen-bond acceptors (Lipinski definition) is 6. The molecule has 202 valence electrons. The molecule has 4 aromatic rings. The smallest absolute Gasteiger partial charge is 0.294 e. The first kappa shape index (κ1) is 26.7. The zero-order valence-corrected chi connectivity index (χ0v) is 22.0. The van der Waals surface area contributed by atoms with E-state index in [0.29, 0.717) is 22.7 Å². The number of para-hydroxylation sites is 1. The second-order valence-electron chi connectivity index (χ2n) is 8.83. The first-order chi connectivity index (χ1) is 19.3. The van der Waals surface area contributed by atoms with Crippen LogP contribution in [0.15, 0.2) is 83.9 Å². The zero-order valence-electron chi connectivity index (χ0n) is 21.2. The van der Waals surface area contributed by atoms with Crippen molar-refractivity contribution in [1.29, 1.82) is 0 Å². The number of benzene rings is 3. The van der Waals surface area contributed by atoms with Gasteiger partial charge in [-0.3, -0.25) is 24.1 Å². The second-order valence-corrected chi connectivity index (χ2v) is 9.82. The maximum absolute atomic E-state index is 13.2. The molecule has 2 heterocycles. The minimum atomic E-state index is -0.578. The molecular formula is C29H23FN4O5S. The monoisotopic (exact) mass is 558 g/mol. The molecule has 0 radical (unpaired) electrons. The molecule has 2 N–H and O–H groups in total. The highest BCUT2D eigenvalue weighted by atomic mass is 32.2. The lowest BCUT2D eigenvalue weighted by molar-refractivity contribution is -0.127. The minimum absolute atomic E-state index is 0.0290. The van der Waals surface area contributed by atoms with E-state index in [-0.39, 0.29) is 17.4 Å². The van der Waals surface area contributed by atoms with Crippen LogP contribution in [0.25, 0.3) is 17.0 Å². The van der Waals surface area contributed by atoms with E-state index in [1.54, 1.807) is 41.1 Å². The van der Waals surface area contributed by atoms with Crippen LogP contribution in [0.2, 0.25) is 0 Å². The number of aromatic nitrogens is 1. The highest BCUT2D eigenvalue weighted by Gasteiger charge is 2.36. The van der Waals surface area contributed by atoms with Crippen molar-refractivity contribution in [2.45, 2.75) is 6.54 Å². The second kappa shape index (κ2) is 11.5. The number of nitrogens with one attached hydrogen (secondary N) is 2. The van der Waals surface area contributed by atoms with Crippen molar-refractivity contribution in [2.24, 2.45) is 0 Å². The molecule has 1 aromatic heterocycles. The number of carbonyl (C=O) groups is 4. The number of thioether (sulfide) groups is 1. The van der Waals surface area contributed by atoms with E-state index in [2.05, 4.69) is 10.6 Å². The van der Waals surface area contributed by atoms with E-state index >= 15 is 0 Å². The number of methoxy groups -OCH3 is 1. The van der Waals surface area contributed by atoms with Crippen LogP contribution in [0.5, 0.6) is 5.75 Å². The van der Waals surface area contributed by atoms with Gasteiger partial charge >= 0.3 is 0 Å². The molecule has 0 bridgehead atoms. The summed E-state index contributed by atoms with van der Waals surface area (Å²) in [6.45, 7) is -0.460. The van der Waals surface area contributed by atoms with Crippen molar-refractivity contribution in [3.8, 4) is 5.75 Å². The molecule has 1 aliphatic rings. The summed E-state index contributed by atoms with van der Waals surface area (Å²) in [5, 5.41) is 5.62. The molecule has 0 unspecified atom stereocenters. The van der Waals surface area contributed by atoms with Gasteiger partial charge in [0, 0.05) is 34.0 Å². The van der Waals surface area contributed by atoms with Gasteiger partial charge in [-0.2, -0.15) is 0 Å². The molecule has 1 fully saturated rings. The lowest BCUT2D eigenvalue weighted by Gasteiger charge is -2.12. The molecule has 1 saturated heterocycles. The van der Waals surface area contributed by atoms with Crippen LogP contribution in [-0.2, 0) is 20.9 Å². The van der Waals surface area contributed by atoms with Crippen LogP contribution in [0, 0.1) is 5.82 Å². The Hall–Kier alpha value is -4.90. The average Bonchev–Trinajstić information content (AvgIpc) is 3.42. The van der Waals surface area contributed by atoms with E-state index < -0.39 is 29.4 Å². The lowest BCUT2D eigenvalue weighted by Crippen LogP contribution is -2.36. The van der Waals surface area contributed by atoms with Crippen molar-refractivity contribution in [3.63, 3.8) is 0 Å². The summed E-state index contributed by atoms with van der Waals surface area (Å²) in [5.41, 5.74) is 2.36. The van der Waals surface area contributed by atoms with Crippen molar-refractivity contribution in [2.75, 3.05) is 24.3 Å². The standard InChI is InChI=1S/C29H23FN4O5S/c1-39-22-12-10-21(11-13-22)32-27(36)17-34-28(37)25(40-29(34)38)14-18-15-33(24-5-3-2-4-23(18)24)16-26(35)31-20-8-6-19(30)7-9-20/h2-15H,16-17H2,1H3,(H,31,35)(H,32,36)/b25-14+. The van der Waals surface area contributed by atoms with Gasteiger partial charge in [0.15, 0.2) is 0 Å². The number of halogens is 1. The van der Waals surface area contributed by atoms with Crippen LogP contribution in [0.4, 0.5) is 20.6 Å². The topological polar surface area (TPSA) is 110 Å². The van der Waals surface area contributed by atoms with Crippen molar-refractivity contribution >= 4 is 63.1 Å². The van der Waals surface area contributed by atoms with Gasteiger partial charge < -0.3 is 19.9 Å². The first-order valence-corrected chi connectivity index (χ1v) is 12.9. The predicted octanol–water partition coefficient (Wildman–Crippen LogP) is 5.10. The normalized spacial score (nSPS) is 14.2. The Kier molecular flexibility index (Phi) is 7.65. The minimum Gasteiger partial charge on any atom is -0.497 e. The molecule has 0 spiro atoms. The van der Waals surface area contributed by atoms with Gasteiger partial charge in [0.1, 0.15) is 24.7 Å². The van der Waals surface area contributed by atoms with E-state index in [0.717, 1.165) is 27.6 Å². The summed E-state index contributed by atoms with van der Waals surface area (Å²) < 4.78 is 20.0. The van der Waals surface area contributed by atoms with Crippen LogP contribution < -0.4 is 15.4 Å². The van der Waals surface area contributed by atoms with Gasteiger partial charge in [-0.1, -0.05) is 18.2 Å². The van der Waals surface area contributed by atoms with Gasteiger partial charge in [-0.15, -0.1) is 0 Å². The van der Waals surface area contributed by atoms with Crippen molar-refractivity contribution < 1.29 is 28.3 Å². The summed E-state index contributed by atoms with van der Waals surface area (Å²) in [5.74, 6) is -1.18. The Bertz CT molecular complexity index is 1650. The average molecular weight is 559 g/mol. The fraction of sp³-hybridized carbons (Fsp3) is 0.103. The Balaban J connectivity index is 1.31. The molecule has 11 heteroatoms. The lowest BCUT2D eigenvalue weighted by atomic mass is 10.1. The summed E-state index contributed by atoms with van der Waals surface area (Å²) in [4.78, 5) is 51.9. The highest BCUT2D eigenvalue weighted by Crippen LogP contribution is 2.34. The van der Waals surface area contributed by atoms with E-state index in [1.165, 1.54) is 31.4 Å². The molecule has 1 aliphatic heterocycles. The molecule has 4 amide bonds. The molecule has 0 atom stereocenters. The number of rotatable bonds is 8. The van der Waals surface area contributed by atoms with Gasteiger partial charge in [0.25, 0.3) is 11.1 Å². The number of carbonyl (C=O) groups excluding carboxylic acids is 4. The van der Waals surface area contributed by atoms with Gasteiger partial charge in [0.05, 0.1) is 12.0 Å². The van der Waals surface area contributed by atoms with Crippen LogP contribution >= 0.6 is 11.8 Å². The molecule has 9 nitrogen and oxygen atoms in total. The van der Waals surface area contributed by atoms with Gasteiger partial charge in [0.2, 0.25) is 11.8 Å². The Morgan fingerprint density at radius 2 is 1.52 bits per heavy atom. The van der Waals surface area contributed by atoms with Crippen LogP contribution in [0.1, 0.15) is 5.56 Å². The maximum atomic E-state index is 13.2. The van der Waals surface area contributed by atoms with E-state index in [9.17, 15) is 23.6 Å². The third-order valence-corrected chi connectivity index (χ3v) is 7.00. The van der Waals surface area contributed by atoms with Gasteiger partial charge in [-0.05, 0) is 72.4 Å². The number of hydrogen-bond donors (Lipinski definition) is 2. The van der Waals surface area contributed by atoms with Crippen molar-refractivity contribution in [3.05, 3.63) is 95.3 Å².